The monoisotopic (exact) mass is 317 g/mol. The van der Waals surface area contributed by atoms with Crippen molar-refractivity contribution in [3.63, 3.8) is 0 Å². The Labute approximate surface area is 139 Å². The smallest absolute Gasteiger partial charge is 0.419 e. The van der Waals surface area contributed by atoms with Crippen LogP contribution in [0.25, 0.3) is 26.7 Å². The van der Waals surface area contributed by atoms with Gasteiger partial charge in [0.15, 0.2) is 5.69 Å². The number of fused-ring (bicyclic) bond motifs is 3. The highest BCUT2D eigenvalue weighted by Crippen LogP contribution is 2.33. The van der Waals surface area contributed by atoms with Crippen molar-refractivity contribution in [3.05, 3.63) is 53.4 Å². The van der Waals surface area contributed by atoms with Crippen molar-refractivity contribution in [3.8, 4) is 6.07 Å². The number of carbonyl (C=O) groups is 1. The number of hydrogen-bond donors (Lipinski definition) is 0. The predicted molar refractivity (Wildman–Crippen MR) is 92.1 cm³/mol. The van der Waals surface area contributed by atoms with Crippen molar-refractivity contribution < 1.29 is 9.53 Å². The molecule has 118 valence electrons. The lowest BCUT2D eigenvalue weighted by Gasteiger charge is -2.20. The van der Waals surface area contributed by atoms with Crippen LogP contribution in [-0.4, -0.2) is 16.3 Å². The maximum atomic E-state index is 12.7. The van der Waals surface area contributed by atoms with Crippen LogP contribution in [0.1, 0.15) is 26.3 Å². The number of carbonyl (C=O) groups excluding carboxylic acids is 1. The highest BCUT2D eigenvalue weighted by molar-refractivity contribution is 6.13. The zero-order chi connectivity index (χ0) is 17.5. The van der Waals surface area contributed by atoms with Crippen molar-refractivity contribution >= 4 is 33.6 Å². The Morgan fingerprint density at radius 1 is 1.17 bits per heavy atom. The third-order valence-electron chi connectivity index (χ3n) is 3.59. The lowest BCUT2D eigenvalue weighted by molar-refractivity contribution is 0.0551. The van der Waals surface area contributed by atoms with Crippen molar-refractivity contribution in [2.75, 3.05) is 0 Å². The Hall–Kier alpha value is -3.31. The van der Waals surface area contributed by atoms with Gasteiger partial charge in [-0.25, -0.2) is 14.2 Å². The number of benzene rings is 2. The third kappa shape index (κ3) is 2.57. The summed E-state index contributed by atoms with van der Waals surface area (Å²) in [6, 6.07) is 12.5. The van der Waals surface area contributed by atoms with E-state index in [4.69, 9.17) is 16.6 Å². The van der Waals surface area contributed by atoms with Crippen molar-refractivity contribution in [2.24, 2.45) is 0 Å². The highest BCUT2D eigenvalue weighted by atomic mass is 16.6. The first-order valence-electron chi connectivity index (χ1n) is 7.43. The van der Waals surface area contributed by atoms with E-state index in [1.165, 1.54) is 4.57 Å². The lowest BCUT2D eigenvalue weighted by Crippen LogP contribution is -2.27. The van der Waals surface area contributed by atoms with Gasteiger partial charge in [-0.15, -0.1) is 0 Å². The normalized spacial score (nSPS) is 11.2. The van der Waals surface area contributed by atoms with Gasteiger partial charge in [-0.3, -0.25) is 0 Å². The van der Waals surface area contributed by atoms with E-state index < -0.39 is 11.7 Å². The summed E-state index contributed by atoms with van der Waals surface area (Å²) in [5.41, 5.74) is 1.45. The maximum absolute atomic E-state index is 12.7. The summed E-state index contributed by atoms with van der Waals surface area (Å²) in [4.78, 5) is 16.2. The van der Waals surface area contributed by atoms with E-state index in [2.05, 4.69) is 10.9 Å². The first-order chi connectivity index (χ1) is 11.3. The Kier molecular flexibility index (Phi) is 3.51. The van der Waals surface area contributed by atoms with E-state index in [0.717, 1.165) is 10.8 Å². The molecule has 3 rings (SSSR count). The number of hydrogen-bond acceptors (Lipinski definition) is 3. The molecule has 0 bridgehead atoms. The van der Waals surface area contributed by atoms with Crippen LogP contribution in [0, 0.1) is 17.9 Å². The number of rotatable bonds is 0. The largest absolute Gasteiger partial charge is 0.443 e. The van der Waals surface area contributed by atoms with Gasteiger partial charge < -0.3 is 4.74 Å². The van der Waals surface area contributed by atoms with Gasteiger partial charge in [-0.1, -0.05) is 18.2 Å². The summed E-state index contributed by atoms with van der Waals surface area (Å²) >= 11 is 0. The van der Waals surface area contributed by atoms with Crippen LogP contribution in [0.4, 0.5) is 10.5 Å². The van der Waals surface area contributed by atoms with E-state index in [9.17, 15) is 4.79 Å². The molecule has 0 saturated heterocycles. The molecule has 3 aromatic rings. The molecule has 5 nitrogen and oxygen atoms in total. The van der Waals surface area contributed by atoms with Crippen LogP contribution >= 0.6 is 0 Å². The third-order valence-corrected chi connectivity index (χ3v) is 3.59. The zero-order valence-corrected chi connectivity index (χ0v) is 13.6. The molecule has 0 atom stereocenters. The first-order valence-corrected chi connectivity index (χ1v) is 7.43. The molecule has 0 aliphatic heterocycles. The number of aromatic nitrogens is 1. The Morgan fingerprint density at radius 2 is 1.79 bits per heavy atom. The Morgan fingerprint density at radius 3 is 2.38 bits per heavy atom. The summed E-state index contributed by atoms with van der Waals surface area (Å²) in [7, 11) is 0. The van der Waals surface area contributed by atoms with Crippen LogP contribution < -0.4 is 0 Å². The molecule has 0 spiro atoms. The Bertz CT molecular complexity index is 985. The molecular formula is C19H15N3O2. The number of nitrogens with zero attached hydrogens (tertiary/aromatic N) is 3. The van der Waals surface area contributed by atoms with Crippen LogP contribution in [0.3, 0.4) is 0 Å². The van der Waals surface area contributed by atoms with E-state index in [1.807, 2.05) is 12.1 Å². The highest BCUT2D eigenvalue weighted by Gasteiger charge is 2.22. The molecule has 0 N–H and O–H groups in total. The lowest BCUT2D eigenvalue weighted by atomic mass is 10.1. The summed E-state index contributed by atoms with van der Waals surface area (Å²) in [5.74, 6) is 0. The summed E-state index contributed by atoms with van der Waals surface area (Å²) in [6.45, 7) is 12.6. The van der Waals surface area contributed by atoms with E-state index in [1.54, 1.807) is 45.0 Å². The maximum Gasteiger partial charge on any atom is 0.419 e. The second kappa shape index (κ2) is 5.40. The zero-order valence-electron chi connectivity index (χ0n) is 13.6. The van der Waals surface area contributed by atoms with Gasteiger partial charge in [-0.05, 0) is 39.0 Å². The molecule has 0 unspecified atom stereocenters. The van der Waals surface area contributed by atoms with Crippen LogP contribution in [0.15, 0.2) is 36.4 Å². The molecule has 2 aromatic carbocycles. The molecule has 1 aromatic heterocycles. The first kappa shape index (κ1) is 15.6. The van der Waals surface area contributed by atoms with Gasteiger partial charge in [0.25, 0.3) is 0 Å². The van der Waals surface area contributed by atoms with Gasteiger partial charge in [0.1, 0.15) is 5.60 Å². The molecular weight excluding hydrogens is 302 g/mol. The summed E-state index contributed by atoms with van der Waals surface area (Å²) in [6.07, 6.45) is -0.528. The second-order valence-electron chi connectivity index (χ2n) is 6.47. The SMILES string of the molecule is [C-]#[N+]c1ccc2c3ccc(C#N)cc3n(C(=O)OC(C)(C)C)c2c1. The standard InChI is InChI=1S/C19H15N3O2/c1-19(2,3)24-18(23)22-16-9-12(11-20)5-7-14(16)15-8-6-13(21-4)10-17(15)22/h5-10H,1-3H3. The minimum Gasteiger partial charge on any atom is -0.443 e. The van der Waals surface area contributed by atoms with Crippen molar-refractivity contribution in [2.45, 2.75) is 26.4 Å². The van der Waals surface area contributed by atoms with E-state index in [-0.39, 0.29) is 0 Å². The van der Waals surface area contributed by atoms with E-state index in [0.29, 0.717) is 22.3 Å². The molecule has 1 heterocycles. The minimum absolute atomic E-state index is 0.440. The molecule has 0 radical (unpaired) electrons. The minimum atomic E-state index is -0.649. The van der Waals surface area contributed by atoms with E-state index >= 15 is 0 Å². The van der Waals surface area contributed by atoms with Gasteiger partial charge in [0.2, 0.25) is 0 Å². The molecule has 0 amide bonds. The van der Waals surface area contributed by atoms with Gasteiger partial charge in [-0.2, -0.15) is 5.26 Å². The van der Waals surface area contributed by atoms with Crippen molar-refractivity contribution in [1.82, 2.24) is 4.57 Å². The number of ether oxygens (including phenoxy) is 1. The van der Waals surface area contributed by atoms with Crippen LogP contribution in [0.2, 0.25) is 0 Å². The summed E-state index contributed by atoms with van der Waals surface area (Å²) < 4.78 is 6.94. The summed E-state index contributed by atoms with van der Waals surface area (Å²) in [5, 5.41) is 10.8. The van der Waals surface area contributed by atoms with Gasteiger partial charge >= 0.3 is 6.09 Å². The van der Waals surface area contributed by atoms with Crippen LogP contribution in [0.5, 0.6) is 0 Å². The number of nitriles is 1. The molecule has 24 heavy (non-hydrogen) atoms. The molecule has 0 aliphatic rings. The topological polar surface area (TPSA) is 59.4 Å². The average molecular weight is 317 g/mol. The molecule has 0 saturated carbocycles. The molecule has 0 aliphatic carbocycles. The molecule has 5 heteroatoms. The second-order valence-corrected chi connectivity index (χ2v) is 6.47. The quantitative estimate of drug-likeness (QED) is 0.548. The fraction of sp³-hybridized carbons (Fsp3) is 0.211. The fourth-order valence-electron chi connectivity index (χ4n) is 2.65. The predicted octanol–water partition coefficient (Wildman–Crippen LogP) is 5.00. The van der Waals surface area contributed by atoms with Crippen LogP contribution in [-0.2, 0) is 4.74 Å². The fourth-order valence-corrected chi connectivity index (χ4v) is 2.65. The average Bonchev–Trinajstić information content (AvgIpc) is 2.85. The van der Waals surface area contributed by atoms with Gasteiger partial charge in [0, 0.05) is 16.3 Å². The molecule has 0 fully saturated rings. The van der Waals surface area contributed by atoms with Crippen molar-refractivity contribution in [1.29, 1.82) is 5.26 Å². The van der Waals surface area contributed by atoms with Gasteiger partial charge in [0.05, 0.1) is 23.7 Å². The Balaban J connectivity index is 2.39.